The number of pyridine rings is 1. The van der Waals surface area contributed by atoms with E-state index < -0.39 is 10.5 Å². The molecular weight excluding hydrogens is 350 g/mol. The van der Waals surface area contributed by atoms with Gasteiger partial charge in [0.2, 0.25) is 6.79 Å². The summed E-state index contributed by atoms with van der Waals surface area (Å²) in [4.78, 5) is 25.5. The quantitative estimate of drug-likeness (QED) is 0.565. The molecule has 0 aliphatic carbocycles. The SMILES string of the molecule is N#Cc1c(-c2ccc3c(c2)OCO3)cc(-c2cccc([N+](=O)[O-])c2)[nH]c1=O. The van der Waals surface area contributed by atoms with Crippen LogP contribution in [-0.4, -0.2) is 16.7 Å². The molecule has 1 aliphatic rings. The lowest BCUT2D eigenvalue weighted by Gasteiger charge is -2.09. The van der Waals surface area contributed by atoms with Gasteiger partial charge >= 0.3 is 0 Å². The number of nitrogens with zero attached hydrogens (tertiary/aromatic N) is 2. The molecule has 0 radical (unpaired) electrons. The van der Waals surface area contributed by atoms with Gasteiger partial charge in [0.25, 0.3) is 11.2 Å². The minimum atomic E-state index is -0.575. The van der Waals surface area contributed by atoms with Crippen LogP contribution in [-0.2, 0) is 0 Å². The largest absolute Gasteiger partial charge is 0.454 e. The van der Waals surface area contributed by atoms with Gasteiger partial charge in [0.1, 0.15) is 11.6 Å². The van der Waals surface area contributed by atoms with Crippen LogP contribution in [0.5, 0.6) is 11.5 Å². The van der Waals surface area contributed by atoms with Crippen LogP contribution in [0, 0.1) is 21.4 Å². The van der Waals surface area contributed by atoms with Crippen LogP contribution < -0.4 is 15.0 Å². The van der Waals surface area contributed by atoms with Crippen molar-refractivity contribution < 1.29 is 14.4 Å². The number of hydrogen-bond donors (Lipinski definition) is 1. The molecule has 0 saturated heterocycles. The van der Waals surface area contributed by atoms with Crippen LogP contribution in [0.4, 0.5) is 5.69 Å². The number of ether oxygens (including phenoxy) is 2. The van der Waals surface area contributed by atoms with Gasteiger partial charge in [0.05, 0.1) is 4.92 Å². The average Bonchev–Trinajstić information content (AvgIpc) is 3.15. The Labute approximate surface area is 152 Å². The third kappa shape index (κ3) is 2.87. The standard InChI is InChI=1S/C19H11N3O5/c20-9-15-14(11-4-5-17-18(7-11)27-10-26-17)8-16(21-19(15)23)12-2-1-3-13(6-12)22(24)25/h1-8H,10H2,(H,21,23). The van der Waals surface area contributed by atoms with Crippen LogP contribution >= 0.6 is 0 Å². The molecule has 0 unspecified atom stereocenters. The van der Waals surface area contributed by atoms with E-state index in [0.717, 1.165) is 0 Å². The molecule has 0 bridgehead atoms. The molecule has 1 aliphatic heterocycles. The number of non-ortho nitro benzene ring substituents is 1. The number of rotatable bonds is 3. The Morgan fingerprint density at radius 3 is 2.67 bits per heavy atom. The summed E-state index contributed by atoms with van der Waals surface area (Å²) in [5.41, 5.74) is 1.12. The number of nitro benzene ring substituents is 1. The molecule has 2 heterocycles. The molecule has 27 heavy (non-hydrogen) atoms. The first-order chi connectivity index (χ1) is 13.1. The van der Waals surface area contributed by atoms with E-state index in [2.05, 4.69) is 4.98 Å². The summed E-state index contributed by atoms with van der Waals surface area (Å²) in [5, 5.41) is 20.4. The Morgan fingerprint density at radius 1 is 1.07 bits per heavy atom. The molecule has 3 aromatic rings. The zero-order valence-corrected chi connectivity index (χ0v) is 13.8. The van der Waals surface area contributed by atoms with Crippen molar-refractivity contribution in [1.82, 2.24) is 4.98 Å². The highest BCUT2D eigenvalue weighted by atomic mass is 16.7. The molecule has 0 spiro atoms. The van der Waals surface area contributed by atoms with Crippen molar-refractivity contribution in [3.05, 3.63) is 74.6 Å². The lowest BCUT2D eigenvalue weighted by molar-refractivity contribution is -0.384. The van der Waals surface area contributed by atoms with Crippen molar-refractivity contribution >= 4 is 5.69 Å². The van der Waals surface area contributed by atoms with Crippen molar-refractivity contribution in [2.45, 2.75) is 0 Å². The molecule has 1 aromatic heterocycles. The molecule has 1 N–H and O–H groups in total. The highest BCUT2D eigenvalue weighted by molar-refractivity contribution is 5.77. The minimum Gasteiger partial charge on any atom is -0.454 e. The second-order valence-electron chi connectivity index (χ2n) is 5.79. The van der Waals surface area contributed by atoms with E-state index in [9.17, 15) is 20.2 Å². The number of aromatic nitrogens is 1. The highest BCUT2D eigenvalue weighted by Crippen LogP contribution is 2.37. The van der Waals surface area contributed by atoms with Gasteiger partial charge in [-0.05, 0) is 23.8 Å². The van der Waals surface area contributed by atoms with Gasteiger partial charge in [-0.3, -0.25) is 14.9 Å². The average molecular weight is 361 g/mol. The van der Waals surface area contributed by atoms with Gasteiger partial charge in [0.15, 0.2) is 11.5 Å². The molecule has 0 atom stereocenters. The van der Waals surface area contributed by atoms with Crippen LogP contribution in [0.15, 0.2) is 53.3 Å². The Bertz CT molecular complexity index is 1180. The van der Waals surface area contributed by atoms with E-state index in [4.69, 9.17) is 9.47 Å². The van der Waals surface area contributed by atoms with Gasteiger partial charge < -0.3 is 14.5 Å². The number of nitrogens with one attached hydrogen (secondary N) is 1. The summed E-state index contributed by atoms with van der Waals surface area (Å²) in [7, 11) is 0. The number of aromatic amines is 1. The van der Waals surface area contributed by atoms with Gasteiger partial charge in [-0.25, -0.2) is 0 Å². The van der Waals surface area contributed by atoms with Crippen LogP contribution in [0.25, 0.3) is 22.4 Å². The summed E-state index contributed by atoms with van der Waals surface area (Å²) in [6.45, 7) is 0.109. The summed E-state index contributed by atoms with van der Waals surface area (Å²) in [5.74, 6) is 1.11. The maximum absolute atomic E-state index is 12.4. The number of H-pyrrole nitrogens is 1. The zero-order valence-electron chi connectivity index (χ0n) is 13.8. The summed E-state index contributed by atoms with van der Waals surface area (Å²) >= 11 is 0. The zero-order chi connectivity index (χ0) is 19.0. The highest BCUT2D eigenvalue weighted by Gasteiger charge is 2.18. The van der Waals surface area contributed by atoms with E-state index in [1.54, 1.807) is 30.3 Å². The molecule has 2 aromatic carbocycles. The Balaban J connectivity index is 1.90. The summed E-state index contributed by atoms with van der Waals surface area (Å²) < 4.78 is 10.6. The fraction of sp³-hybridized carbons (Fsp3) is 0.0526. The second-order valence-corrected chi connectivity index (χ2v) is 5.79. The monoisotopic (exact) mass is 361 g/mol. The first-order valence-electron chi connectivity index (χ1n) is 7.89. The molecule has 0 saturated carbocycles. The molecular formula is C19H11N3O5. The second kappa shape index (κ2) is 6.31. The topological polar surface area (TPSA) is 118 Å². The van der Waals surface area contributed by atoms with Crippen LogP contribution in [0.1, 0.15) is 5.56 Å². The van der Waals surface area contributed by atoms with E-state index >= 15 is 0 Å². The first kappa shape index (κ1) is 16.4. The molecule has 8 nitrogen and oxygen atoms in total. The molecule has 132 valence electrons. The minimum absolute atomic E-state index is 0.0527. The van der Waals surface area contributed by atoms with E-state index in [0.29, 0.717) is 33.9 Å². The van der Waals surface area contributed by atoms with Crippen molar-refractivity contribution in [2.75, 3.05) is 6.79 Å². The van der Waals surface area contributed by atoms with Crippen molar-refractivity contribution in [2.24, 2.45) is 0 Å². The third-order valence-electron chi connectivity index (χ3n) is 4.20. The normalized spacial score (nSPS) is 11.8. The van der Waals surface area contributed by atoms with Crippen molar-refractivity contribution in [3.8, 4) is 40.0 Å². The van der Waals surface area contributed by atoms with Crippen LogP contribution in [0.3, 0.4) is 0 Å². The van der Waals surface area contributed by atoms with Gasteiger partial charge in [-0.1, -0.05) is 18.2 Å². The van der Waals surface area contributed by atoms with Crippen molar-refractivity contribution in [3.63, 3.8) is 0 Å². The maximum Gasteiger partial charge on any atom is 0.270 e. The van der Waals surface area contributed by atoms with Gasteiger partial charge in [-0.15, -0.1) is 0 Å². The van der Waals surface area contributed by atoms with E-state index in [1.807, 2.05) is 6.07 Å². The smallest absolute Gasteiger partial charge is 0.270 e. The lowest BCUT2D eigenvalue weighted by Crippen LogP contribution is -2.12. The Kier molecular flexibility index (Phi) is 3.82. The Morgan fingerprint density at radius 2 is 1.89 bits per heavy atom. The maximum atomic E-state index is 12.4. The number of fused-ring (bicyclic) bond motifs is 1. The predicted octanol–water partition coefficient (Wildman–Crippen LogP) is 3.22. The number of nitro groups is 1. The van der Waals surface area contributed by atoms with Crippen molar-refractivity contribution in [1.29, 1.82) is 5.26 Å². The molecule has 0 amide bonds. The Hall–Kier alpha value is -4.12. The lowest BCUT2D eigenvalue weighted by atomic mass is 9.98. The first-order valence-corrected chi connectivity index (χ1v) is 7.89. The summed E-state index contributed by atoms with van der Waals surface area (Å²) in [6.07, 6.45) is 0. The van der Waals surface area contributed by atoms with Gasteiger partial charge in [-0.2, -0.15) is 5.26 Å². The number of hydrogen-bond acceptors (Lipinski definition) is 6. The fourth-order valence-corrected chi connectivity index (χ4v) is 2.90. The fourth-order valence-electron chi connectivity index (χ4n) is 2.90. The summed E-state index contributed by atoms with van der Waals surface area (Å²) in [6, 6.07) is 14.6. The van der Waals surface area contributed by atoms with Gasteiger partial charge in [0, 0.05) is 29.0 Å². The molecule has 4 rings (SSSR count). The van der Waals surface area contributed by atoms with E-state index in [1.165, 1.54) is 18.2 Å². The number of nitriles is 1. The van der Waals surface area contributed by atoms with Crippen LogP contribution in [0.2, 0.25) is 0 Å². The molecule has 8 heteroatoms. The van der Waals surface area contributed by atoms with E-state index in [-0.39, 0.29) is 18.0 Å². The number of benzene rings is 2. The third-order valence-corrected chi connectivity index (χ3v) is 4.20. The molecule has 0 fully saturated rings. The predicted molar refractivity (Wildman–Crippen MR) is 95.4 cm³/mol.